The Kier molecular flexibility index (Phi) is 6.56. The van der Waals surface area contributed by atoms with Crippen LogP contribution < -0.4 is 20.2 Å². The molecule has 0 aromatic carbocycles. The molecule has 4 rings (SSSR count). The molecule has 0 radical (unpaired) electrons. The van der Waals surface area contributed by atoms with Crippen molar-refractivity contribution in [1.82, 2.24) is 30.7 Å². The van der Waals surface area contributed by atoms with Gasteiger partial charge in [-0.1, -0.05) is 0 Å². The van der Waals surface area contributed by atoms with E-state index in [-0.39, 0.29) is 17.4 Å². The van der Waals surface area contributed by atoms with Gasteiger partial charge in [-0.15, -0.1) is 0 Å². The van der Waals surface area contributed by atoms with E-state index in [9.17, 15) is 9.18 Å². The van der Waals surface area contributed by atoms with E-state index in [4.69, 9.17) is 9.47 Å². The molecule has 2 N–H and O–H groups in total. The number of rotatable bonds is 8. The Morgan fingerprint density at radius 3 is 2.88 bits per heavy atom. The Hall–Kier alpha value is -3.99. The number of carbonyl (C=O) groups is 1. The zero-order valence-electron chi connectivity index (χ0n) is 17.2. The van der Waals surface area contributed by atoms with Crippen LogP contribution in [-0.4, -0.2) is 57.9 Å². The maximum absolute atomic E-state index is 13.9. The number of hydrogen-bond acceptors (Lipinski definition) is 9. The van der Waals surface area contributed by atoms with Crippen LogP contribution in [0.4, 0.5) is 4.39 Å². The first-order chi connectivity index (χ1) is 15.6. The maximum Gasteiger partial charge on any atom is 0.291 e. The van der Waals surface area contributed by atoms with Gasteiger partial charge in [0.15, 0.2) is 0 Å². The lowest BCUT2D eigenvalue weighted by atomic mass is 10.2. The maximum atomic E-state index is 13.9. The van der Waals surface area contributed by atoms with Crippen LogP contribution in [0.2, 0.25) is 0 Å². The Balaban J connectivity index is 1.41. The highest BCUT2D eigenvalue weighted by molar-refractivity contribution is 5.93. The van der Waals surface area contributed by atoms with Crippen LogP contribution in [0.1, 0.15) is 23.0 Å². The number of hydrazone groups is 1. The summed E-state index contributed by atoms with van der Waals surface area (Å²) in [5.41, 5.74) is 3.56. The minimum Gasteiger partial charge on any atom is -0.486 e. The van der Waals surface area contributed by atoms with Crippen LogP contribution in [0.25, 0.3) is 11.3 Å². The summed E-state index contributed by atoms with van der Waals surface area (Å²) >= 11 is 0. The van der Waals surface area contributed by atoms with Crippen LogP contribution in [0, 0.1) is 5.95 Å². The topological polar surface area (TPSA) is 124 Å². The van der Waals surface area contributed by atoms with Gasteiger partial charge in [0.1, 0.15) is 17.5 Å². The zero-order chi connectivity index (χ0) is 22.3. The van der Waals surface area contributed by atoms with E-state index in [1.165, 1.54) is 24.7 Å². The molecule has 1 aliphatic heterocycles. The molecule has 0 atom stereocenters. The summed E-state index contributed by atoms with van der Waals surface area (Å²) in [6, 6.07) is 4.95. The number of ether oxygens (including phenoxy) is 2. The fourth-order valence-electron chi connectivity index (χ4n) is 2.74. The molecule has 10 nitrogen and oxygen atoms in total. The molecule has 1 amide bonds. The van der Waals surface area contributed by atoms with Gasteiger partial charge in [-0.3, -0.25) is 9.78 Å². The fourth-order valence-corrected chi connectivity index (χ4v) is 2.74. The summed E-state index contributed by atoms with van der Waals surface area (Å²) in [7, 11) is 0. The van der Waals surface area contributed by atoms with Crippen molar-refractivity contribution in [2.45, 2.75) is 13.0 Å². The highest BCUT2D eigenvalue weighted by Gasteiger charge is 2.19. The molecular weight excluding hydrogens is 417 g/mol. The van der Waals surface area contributed by atoms with Crippen molar-refractivity contribution in [3.05, 3.63) is 60.2 Å². The molecule has 0 unspecified atom stereocenters. The van der Waals surface area contributed by atoms with Crippen LogP contribution in [0.3, 0.4) is 0 Å². The standard InChI is InChI=1S/C21H20FN7O3/c1-2-31-19-4-3-13(6-25-19)17-11-24-12-18(28-17)21(30)29-27-7-14-5-15(10-26-20(14)22)32-16-8-23-9-16/h3-7,10-12,16,23H,2,8-9H2,1H3,(H,29,30)/b27-7+. The van der Waals surface area contributed by atoms with Crippen LogP contribution in [0.15, 0.2) is 48.1 Å². The van der Waals surface area contributed by atoms with Crippen molar-refractivity contribution in [3.63, 3.8) is 0 Å². The second-order valence-corrected chi connectivity index (χ2v) is 6.76. The van der Waals surface area contributed by atoms with Crippen LogP contribution >= 0.6 is 0 Å². The van der Waals surface area contributed by atoms with Crippen molar-refractivity contribution in [1.29, 1.82) is 0 Å². The van der Waals surface area contributed by atoms with Crippen molar-refractivity contribution >= 4 is 12.1 Å². The third-order valence-corrected chi connectivity index (χ3v) is 4.45. The quantitative estimate of drug-likeness (QED) is 0.309. The van der Waals surface area contributed by atoms with E-state index in [2.05, 4.69) is 35.8 Å². The molecule has 32 heavy (non-hydrogen) atoms. The number of nitrogens with one attached hydrogen (secondary N) is 2. The first-order valence-electron chi connectivity index (χ1n) is 9.90. The normalized spacial score (nSPS) is 13.6. The monoisotopic (exact) mass is 437 g/mol. The van der Waals surface area contributed by atoms with Gasteiger partial charge in [0.2, 0.25) is 11.8 Å². The van der Waals surface area contributed by atoms with E-state index < -0.39 is 11.9 Å². The van der Waals surface area contributed by atoms with Gasteiger partial charge in [-0.05, 0) is 19.1 Å². The highest BCUT2D eigenvalue weighted by atomic mass is 19.1. The summed E-state index contributed by atoms with van der Waals surface area (Å²) in [5.74, 6) is -0.413. The molecule has 164 valence electrons. The van der Waals surface area contributed by atoms with Gasteiger partial charge in [0.05, 0.1) is 42.7 Å². The molecule has 0 spiro atoms. The summed E-state index contributed by atoms with van der Waals surface area (Å²) < 4.78 is 24.9. The highest BCUT2D eigenvalue weighted by Crippen LogP contribution is 2.18. The van der Waals surface area contributed by atoms with E-state index in [0.29, 0.717) is 29.5 Å². The second-order valence-electron chi connectivity index (χ2n) is 6.76. The lowest BCUT2D eigenvalue weighted by Crippen LogP contribution is -2.50. The third-order valence-electron chi connectivity index (χ3n) is 4.45. The number of hydrogen-bond donors (Lipinski definition) is 2. The smallest absolute Gasteiger partial charge is 0.291 e. The molecule has 1 fully saturated rings. The fraction of sp³-hybridized carbons (Fsp3) is 0.238. The average molecular weight is 437 g/mol. The molecule has 0 aliphatic carbocycles. The number of amides is 1. The molecule has 0 bridgehead atoms. The summed E-state index contributed by atoms with van der Waals surface area (Å²) in [6.45, 7) is 3.83. The SMILES string of the molecule is CCOc1ccc(-c2cncc(C(=O)N/N=C/c3cc(OC4CNC4)cnc3F)n2)cn1. The van der Waals surface area contributed by atoms with Gasteiger partial charge >= 0.3 is 0 Å². The minimum absolute atomic E-state index is 0.0307. The van der Waals surface area contributed by atoms with E-state index in [1.807, 2.05) is 6.92 Å². The minimum atomic E-state index is -0.730. The molecular formula is C21H20FN7O3. The summed E-state index contributed by atoms with van der Waals surface area (Å²) in [6.07, 6.45) is 6.89. The Morgan fingerprint density at radius 2 is 2.16 bits per heavy atom. The van der Waals surface area contributed by atoms with E-state index >= 15 is 0 Å². The number of halogens is 1. The average Bonchev–Trinajstić information content (AvgIpc) is 2.79. The second kappa shape index (κ2) is 9.88. The van der Waals surface area contributed by atoms with E-state index in [0.717, 1.165) is 19.3 Å². The molecule has 1 saturated heterocycles. The molecule has 1 aliphatic rings. The largest absolute Gasteiger partial charge is 0.486 e. The predicted octanol–water partition coefficient (Wildman–Crippen LogP) is 1.59. The molecule has 3 aromatic heterocycles. The number of nitrogens with zero attached hydrogens (tertiary/aromatic N) is 5. The molecule has 0 saturated carbocycles. The van der Waals surface area contributed by atoms with Crippen molar-refractivity contribution < 1.29 is 18.7 Å². The molecule has 11 heteroatoms. The lowest BCUT2D eigenvalue weighted by Gasteiger charge is -2.27. The summed E-state index contributed by atoms with van der Waals surface area (Å²) in [5, 5.41) is 6.88. The Bertz CT molecular complexity index is 1120. The van der Waals surface area contributed by atoms with Crippen molar-refractivity contribution in [2.24, 2.45) is 5.10 Å². The molecule has 4 heterocycles. The Labute approximate surface area is 182 Å². The van der Waals surface area contributed by atoms with Gasteiger partial charge < -0.3 is 14.8 Å². The van der Waals surface area contributed by atoms with E-state index in [1.54, 1.807) is 18.3 Å². The van der Waals surface area contributed by atoms with Crippen LogP contribution in [0.5, 0.6) is 11.6 Å². The lowest BCUT2D eigenvalue weighted by molar-refractivity contribution is 0.0950. The van der Waals surface area contributed by atoms with Gasteiger partial charge in [0, 0.05) is 30.9 Å². The van der Waals surface area contributed by atoms with Gasteiger partial charge in [0.25, 0.3) is 5.91 Å². The molecule has 3 aromatic rings. The van der Waals surface area contributed by atoms with Gasteiger partial charge in [-0.25, -0.2) is 20.4 Å². The number of pyridine rings is 2. The van der Waals surface area contributed by atoms with Gasteiger partial charge in [-0.2, -0.15) is 9.49 Å². The number of aromatic nitrogens is 4. The van der Waals surface area contributed by atoms with Crippen molar-refractivity contribution in [3.8, 4) is 22.9 Å². The first-order valence-corrected chi connectivity index (χ1v) is 9.90. The van der Waals surface area contributed by atoms with Crippen LogP contribution in [-0.2, 0) is 0 Å². The van der Waals surface area contributed by atoms with Crippen molar-refractivity contribution in [2.75, 3.05) is 19.7 Å². The first kappa shape index (κ1) is 21.2. The zero-order valence-corrected chi connectivity index (χ0v) is 17.2. The predicted molar refractivity (Wildman–Crippen MR) is 113 cm³/mol. The summed E-state index contributed by atoms with van der Waals surface area (Å²) in [4.78, 5) is 28.6. The number of carbonyl (C=O) groups excluding carboxylic acids is 1. The Morgan fingerprint density at radius 1 is 1.28 bits per heavy atom. The third kappa shape index (κ3) is 5.19.